The molecule has 0 spiro atoms. The fourth-order valence-electron chi connectivity index (χ4n) is 3.41. The van der Waals surface area contributed by atoms with Gasteiger partial charge < -0.3 is 33.7 Å². The van der Waals surface area contributed by atoms with E-state index < -0.39 is 78.6 Å². The first-order valence-electron chi connectivity index (χ1n) is 10.8. The lowest BCUT2D eigenvalue weighted by atomic mass is 9.95. The van der Waals surface area contributed by atoms with Gasteiger partial charge in [-0.15, -0.1) is 0 Å². The highest BCUT2D eigenvalue weighted by atomic mass is 16.7. The monoisotopic (exact) mass is 526 g/mol. The Morgan fingerprint density at radius 2 is 1.70 bits per heavy atom. The van der Waals surface area contributed by atoms with Crippen LogP contribution in [0.4, 0.5) is 5.69 Å². The van der Waals surface area contributed by atoms with E-state index in [1.54, 1.807) is 0 Å². The summed E-state index contributed by atoms with van der Waals surface area (Å²) in [4.78, 5) is 70.3. The zero-order chi connectivity index (χ0) is 27.7. The number of ether oxygens (including phenoxy) is 6. The van der Waals surface area contributed by atoms with Crippen molar-refractivity contribution in [3.8, 4) is 0 Å². The second-order valence-electron chi connectivity index (χ2n) is 7.69. The van der Waals surface area contributed by atoms with Crippen LogP contribution < -0.4 is 5.32 Å². The maximum Gasteiger partial charge on any atom is 0.331 e. The lowest BCUT2D eigenvalue weighted by molar-refractivity contribution is -0.384. The summed E-state index contributed by atoms with van der Waals surface area (Å²) in [6.07, 6.45) is -5.59. The van der Waals surface area contributed by atoms with Gasteiger partial charge in [0.2, 0.25) is 6.29 Å². The number of non-ortho nitro benzene ring substituents is 1. The average molecular weight is 526 g/mol. The number of nitrogens with one attached hydrogen (secondary N) is 1. The first-order chi connectivity index (χ1) is 17.4. The molecular formula is C22H26N2O13. The average Bonchev–Trinajstić information content (AvgIpc) is 2.83. The predicted molar refractivity (Wildman–Crippen MR) is 119 cm³/mol. The van der Waals surface area contributed by atoms with Crippen LogP contribution in [0.2, 0.25) is 0 Å². The minimum absolute atomic E-state index is 0.131. The van der Waals surface area contributed by atoms with E-state index in [9.17, 15) is 34.1 Å². The van der Waals surface area contributed by atoms with Gasteiger partial charge in [0.1, 0.15) is 31.5 Å². The van der Waals surface area contributed by atoms with Gasteiger partial charge in [0.15, 0.2) is 6.10 Å². The SMILES string of the molecule is COC(=O)CO[C@@H]1[C@H](NC(=O)c2cccc([N+](=O)[O-])c2)[C@H](OC(C)=O)O[C@@H](COC(C)=O)[C@@H]1OC(C)=O. The largest absolute Gasteiger partial charge is 0.467 e. The van der Waals surface area contributed by atoms with Crippen molar-refractivity contribution in [3.05, 3.63) is 39.9 Å². The molecule has 1 aromatic rings. The third kappa shape index (κ3) is 8.50. The maximum absolute atomic E-state index is 13.0. The molecule has 1 N–H and O–H groups in total. The number of esters is 4. The fraction of sp³-hybridized carbons (Fsp3) is 0.500. The predicted octanol–water partition coefficient (Wildman–Crippen LogP) is 0.0342. The number of amides is 1. The van der Waals surface area contributed by atoms with Crippen LogP contribution in [0.5, 0.6) is 0 Å². The normalized spacial score (nSPS) is 22.8. The minimum Gasteiger partial charge on any atom is -0.467 e. The summed E-state index contributed by atoms with van der Waals surface area (Å²) in [6.45, 7) is 2.13. The number of hydrogen-bond acceptors (Lipinski definition) is 13. The van der Waals surface area contributed by atoms with Crippen LogP contribution in [0.15, 0.2) is 24.3 Å². The lowest BCUT2D eigenvalue weighted by Gasteiger charge is -2.44. The van der Waals surface area contributed by atoms with Gasteiger partial charge >= 0.3 is 23.9 Å². The third-order valence-electron chi connectivity index (χ3n) is 4.92. The van der Waals surface area contributed by atoms with Gasteiger partial charge in [0.25, 0.3) is 11.6 Å². The van der Waals surface area contributed by atoms with Gasteiger partial charge in [-0.25, -0.2) is 4.79 Å². The van der Waals surface area contributed by atoms with Crippen LogP contribution in [-0.2, 0) is 47.6 Å². The molecule has 1 aliphatic rings. The molecule has 0 unspecified atom stereocenters. The van der Waals surface area contributed by atoms with Crippen LogP contribution in [0, 0.1) is 10.1 Å². The second kappa shape index (κ2) is 13.3. The molecule has 2 rings (SSSR count). The highest BCUT2D eigenvalue weighted by molar-refractivity contribution is 5.95. The van der Waals surface area contributed by atoms with Crippen molar-refractivity contribution in [1.82, 2.24) is 5.32 Å². The molecule has 5 atom stereocenters. The van der Waals surface area contributed by atoms with Crippen molar-refractivity contribution < 1.29 is 57.3 Å². The summed E-state index contributed by atoms with van der Waals surface area (Å²) in [7, 11) is 1.10. The molecule has 15 nitrogen and oxygen atoms in total. The minimum atomic E-state index is -1.57. The van der Waals surface area contributed by atoms with Gasteiger partial charge in [0, 0.05) is 38.5 Å². The molecule has 202 valence electrons. The van der Waals surface area contributed by atoms with Crippen molar-refractivity contribution in [3.63, 3.8) is 0 Å². The first-order valence-corrected chi connectivity index (χ1v) is 10.8. The maximum atomic E-state index is 13.0. The quantitative estimate of drug-likeness (QED) is 0.186. The molecule has 1 fully saturated rings. The zero-order valence-electron chi connectivity index (χ0n) is 20.4. The molecule has 15 heteroatoms. The molecule has 0 aliphatic carbocycles. The van der Waals surface area contributed by atoms with Gasteiger partial charge in [-0.2, -0.15) is 0 Å². The number of nitrogens with zero attached hydrogens (tertiary/aromatic N) is 1. The van der Waals surface area contributed by atoms with E-state index in [0.717, 1.165) is 33.9 Å². The van der Waals surface area contributed by atoms with Gasteiger partial charge in [-0.3, -0.25) is 29.3 Å². The third-order valence-corrected chi connectivity index (χ3v) is 4.92. The molecule has 1 amide bonds. The van der Waals surface area contributed by atoms with Crippen LogP contribution in [0.3, 0.4) is 0 Å². The standard InChI is InChI=1S/C22H26N2O13/c1-11(25)33-9-16-19(35-12(2)26)20(34-10-17(28)32-4)18(22(37-16)36-13(3)27)23-21(29)14-6-5-7-15(8-14)24(30)31/h5-8,16,18-20,22H,9-10H2,1-4H3,(H,23,29)/t16-,18-,19-,20+,22+/m0/s1. The van der Waals surface area contributed by atoms with Crippen molar-refractivity contribution in [2.75, 3.05) is 20.3 Å². The summed E-state index contributed by atoms with van der Waals surface area (Å²) in [5, 5.41) is 13.6. The van der Waals surface area contributed by atoms with E-state index in [1.165, 1.54) is 18.2 Å². The van der Waals surface area contributed by atoms with E-state index in [-0.39, 0.29) is 11.3 Å². The summed E-state index contributed by atoms with van der Waals surface area (Å²) in [5.74, 6) is -4.01. The number of nitro benzene ring substituents is 1. The summed E-state index contributed by atoms with van der Waals surface area (Å²) < 4.78 is 31.4. The van der Waals surface area contributed by atoms with E-state index >= 15 is 0 Å². The number of rotatable bonds is 10. The smallest absolute Gasteiger partial charge is 0.331 e. The van der Waals surface area contributed by atoms with Crippen LogP contribution >= 0.6 is 0 Å². The van der Waals surface area contributed by atoms with Gasteiger partial charge in [-0.1, -0.05) is 6.07 Å². The Hall–Kier alpha value is -4.11. The number of carbonyl (C=O) groups is 5. The highest BCUT2D eigenvalue weighted by Crippen LogP contribution is 2.28. The lowest BCUT2D eigenvalue weighted by Crippen LogP contribution is -2.66. The van der Waals surface area contributed by atoms with Gasteiger partial charge in [0.05, 0.1) is 12.0 Å². The molecule has 1 saturated heterocycles. The van der Waals surface area contributed by atoms with E-state index in [0.29, 0.717) is 0 Å². The Bertz CT molecular complexity index is 1040. The molecular weight excluding hydrogens is 500 g/mol. The van der Waals surface area contributed by atoms with Crippen molar-refractivity contribution in [1.29, 1.82) is 0 Å². The molecule has 37 heavy (non-hydrogen) atoms. The number of carbonyl (C=O) groups excluding carboxylic acids is 5. The molecule has 0 aromatic heterocycles. The first kappa shape index (κ1) is 29.1. The molecule has 1 aromatic carbocycles. The Morgan fingerprint density at radius 1 is 1.03 bits per heavy atom. The fourth-order valence-corrected chi connectivity index (χ4v) is 3.41. The summed E-state index contributed by atoms with van der Waals surface area (Å²) in [6, 6.07) is 3.37. The van der Waals surface area contributed by atoms with Gasteiger partial charge in [-0.05, 0) is 6.07 Å². The Kier molecular flexibility index (Phi) is 10.4. The Labute approximate surface area is 210 Å². The molecule has 0 saturated carbocycles. The summed E-state index contributed by atoms with van der Waals surface area (Å²) >= 11 is 0. The van der Waals surface area contributed by atoms with Crippen LogP contribution in [-0.4, -0.2) is 85.7 Å². The van der Waals surface area contributed by atoms with E-state index in [2.05, 4.69) is 10.1 Å². The van der Waals surface area contributed by atoms with Crippen molar-refractivity contribution in [2.45, 2.75) is 51.4 Å². The van der Waals surface area contributed by atoms with Crippen LogP contribution in [0.25, 0.3) is 0 Å². The second-order valence-corrected chi connectivity index (χ2v) is 7.69. The number of methoxy groups -OCH3 is 1. The van der Waals surface area contributed by atoms with Crippen molar-refractivity contribution >= 4 is 35.5 Å². The number of hydrogen-bond donors (Lipinski definition) is 1. The van der Waals surface area contributed by atoms with E-state index in [4.69, 9.17) is 23.7 Å². The molecule has 0 radical (unpaired) electrons. The molecule has 1 aliphatic heterocycles. The van der Waals surface area contributed by atoms with Crippen molar-refractivity contribution in [2.24, 2.45) is 0 Å². The molecule has 0 bridgehead atoms. The molecule has 1 heterocycles. The summed E-state index contributed by atoms with van der Waals surface area (Å²) in [5.41, 5.74) is -0.490. The Balaban J connectivity index is 2.49. The zero-order valence-corrected chi connectivity index (χ0v) is 20.4. The van der Waals surface area contributed by atoms with E-state index in [1.807, 2.05) is 0 Å². The highest BCUT2D eigenvalue weighted by Gasteiger charge is 2.51. The Morgan fingerprint density at radius 3 is 2.27 bits per heavy atom. The number of nitro groups is 1. The number of benzene rings is 1. The van der Waals surface area contributed by atoms with Crippen LogP contribution in [0.1, 0.15) is 31.1 Å². The topological polar surface area (TPSA) is 196 Å².